The molecule has 0 amide bonds. The van der Waals surface area contributed by atoms with E-state index >= 15 is 0 Å². The van der Waals surface area contributed by atoms with E-state index in [1.54, 1.807) is 0 Å². The maximum Gasteiger partial charge on any atom is 0.573 e. The maximum atomic E-state index is 11.9. The average Bonchev–Trinajstić information content (AvgIpc) is 2.45. The van der Waals surface area contributed by atoms with Crippen molar-refractivity contribution in [3.05, 3.63) is 23.8 Å². The Labute approximate surface area is 83.6 Å². The number of hydrogen-bond acceptors (Lipinski definition) is 3. The minimum absolute atomic E-state index is 0.278. The third-order valence-corrected chi connectivity index (χ3v) is 2.04. The molecular weight excluding hydrogens is 211 g/mol. The molecule has 82 valence electrons. The van der Waals surface area contributed by atoms with Gasteiger partial charge in [-0.3, -0.25) is 0 Å². The number of hydrogen-bond donors (Lipinski definition) is 1. The van der Waals surface area contributed by atoms with Gasteiger partial charge in [-0.2, -0.15) is 0 Å². The van der Waals surface area contributed by atoms with Crippen molar-refractivity contribution in [2.45, 2.75) is 12.4 Å². The number of halogens is 3. The van der Waals surface area contributed by atoms with Gasteiger partial charge in [0.2, 0.25) is 0 Å². The van der Waals surface area contributed by atoms with Crippen molar-refractivity contribution in [1.29, 1.82) is 0 Å². The first-order chi connectivity index (χ1) is 6.96. The third-order valence-electron chi connectivity index (χ3n) is 2.04. The SMILES string of the molecule is N[C@H]1COc2cc(OC(F)(F)F)ccc21. The highest BCUT2D eigenvalue weighted by Gasteiger charge is 2.32. The number of ether oxygens (including phenoxy) is 2. The number of fused-ring (bicyclic) bond motifs is 1. The van der Waals surface area contributed by atoms with Crippen LogP contribution in [-0.4, -0.2) is 13.0 Å². The van der Waals surface area contributed by atoms with E-state index in [2.05, 4.69) is 4.74 Å². The molecule has 0 aliphatic carbocycles. The van der Waals surface area contributed by atoms with Gasteiger partial charge >= 0.3 is 6.36 Å². The molecule has 1 atom stereocenters. The summed E-state index contributed by atoms with van der Waals surface area (Å²) in [6, 6.07) is 3.62. The molecule has 1 aromatic rings. The van der Waals surface area contributed by atoms with Crippen LogP contribution in [0.4, 0.5) is 13.2 Å². The number of alkyl halides is 3. The minimum atomic E-state index is -4.69. The van der Waals surface area contributed by atoms with Crippen molar-refractivity contribution in [3.8, 4) is 11.5 Å². The molecule has 0 bridgehead atoms. The van der Waals surface area contributed by atoms with Gasteiger partial charge in [0.15, 0.2) is 0 Å². The van der Waals surface area contributed by atoms with Crippen LogP contribution in [0.3, 0.4) is 0 Å². The lowest BCUT2D eigenvalue weighted by Crippen LogP contribution is -2.17. The van der Waals surface area contributed by atoms with E-state index in [1.807, 2.05) is 0 Å². The molecule has 1 aliphatic rings. The third kappa shape index (κ3) is 2.15. The maximum absolute atomic E-state index is 11.9. The van der Waals surface area contributed by atoms with Crippen LogP contribution in [0, 0.1) is 0 Å². The second-order valence-corrected chi connectivity index (χ2v) is 3.16. The lowest BCUT2D eigenvalue weighted by Gasteiger charge is -2.09. The van der Waals surface area contributed by atoms with E-state index in [9.17, 15) is 13.2 Å². The van der Waals surface area contributed by atoms with Gasteiger partial charge in [-0.1, -0.05) is 0 Å². The van der Waals surface area contributed by atoms with E-state index in [4.69, 9.17) is 10.5 Å². The lowest BCUT2D eigenvalue weighted by molar-refractivity contribution is -0.274. The topological polar surface area (TPSA) is 44.5 Å². The van der Waals surface area contributed by atoms with Gasteiger partial charge in [0, 0.05) is 11.6 Å². The average molecular weight is 219 g/mol. The highest BCUT2D eigenvalue weighted by molar-refractivity contribution is 5.44. The highest BCUT2D eigenvalue weighted by atomic mass is 19.4. The molecule has 1 aromatic carbocycles. The summed E-state index contributed by atoms with van der Waals surface area (Å²) >= 11 is 0. The summed E-state index contributed by atoms with van der Waals surface area (Å²) in [5.41, 5.74) is 6.33. The Balaban J connectivity index is 2.24. The Morgan fingerprint density at radius 2 is 2.13 bits per heavy atom. The summed E-state index contributed by atoms with van der Waals surface area (Å²) in [7, 11) is 0. The fourth-order valence-electron chi connectivity index (χ4n) is 1.41. The van der Waals surface area contributed by atoms with E-state index in [0.29, 0.717) is 11.3 Å². The Hall–Kier alpha value is -1.43. The molecule has 0 aromatic heterocycles. The number of benzene rings is 1. The second-order valence-electron chi connectivity index (χ2n) is 3.16. The van der Waals surface area contributed by atoms with Gasteiger partial charge in [-0.15, -0.1) is 13.2 Å². The predicted octanol–water partition coefficient (Wildman–Crippen LogP) is 1.98. The molecule has 3 nitrogen and oxygen atoms in total. The molecule has 0 spiro atoms. The quantitative estimate of drug-likeness (QED) is 0.785. The lowest BCUT2D eigenvalue weighted by atomic mass is 10.1. The van der Waals surface area contributed by atoms with Crippen LogP contribution in [0.2, 0.25) is 0 Å². The molecule has 0 unspecified atom stereocenters. The summed E-state index contributed by atoms with van der Waals surface area (Å²) in [5.74, 6) is 0.0552. The van der Waals surface area contributed by atoms with Gasteiger partial charge < -0.3 is 15.2 Å². The van der Waals surface area contributed by atoms with Crippen LogP contribution < -0.4 is 15.2 Å². The first-order valence-electron chi connectivity index (χ1n) is 4.24. The standard InChI is InChI=1S/C9H8F3NO2/c10-9(11,12)15-5-1-2-6-7(13)4-14-8(6)3-5/h1-3,7H,4,13H2/t7-/m0/s1. The zero-order valence-electron chi connectivity index (χ0n) is 7.54. The van der Waals surface area contributed by atoms with Crippen molar-refractivity contribution in [3.63, 3.8) is 0 Å². The second kappa shape index (κ2) is 3.30. The molecule has 1 heterocycles. The van der Waals surface area contributed by atoms with Crippen LogP contribution in [0.25, 0.3) is 0 Å². The van der Waals surface area contributed by atoms with E-state index in [0.717, 1.165) is 0 Å². The Morgan fingerprint density at radius 1 is 1.40 bits per heavy atom. The summed E-state index contributed by atoms with van der Waals surface area (Å²) < 4.78 is 44.5. The fourth-order valence-corrected chi connectivity index (χ4v) is 1.41. The molecule has 0 saturated heterocycles. The van der Waals surface area contributed by atoms with E-state index < -0.39 is 6.36 Å². The minimum Gasteiger partial charge on any atom is -0.491 e. The van der Waals surface area contributed by atoms with Gasteiger partial charge in [0.1, 0.15) is 18.1 Å². The largest absolute Gasteiger partial charge is 0.573 e. The van der Waals surface area contributed by atoms with E-state index in [-0.39, 0.29) is 18.4 Å². The van der Waals surface area contributed by atoms with Crippen LogP contribution in [0.15, 0.2) is 18.2 Å². The molecule has 0 fully saturated rings. The Morgan fingerprint density at radius 3 is 2.80 bits per heavy atom. The molecule has 0 saturated carbocycles. The summed E-state index contributed by atoms with van der Waals surface area (Å²) in [6.45, 7) is 0.283. The zero-order chi connectivity index (χ0) is 11.1. The monoisotopic (exact) mass is 219 g/mol. The fraction of sp³-hybridized carbons (Fsp3) is 0.333. The first-order valence-corrected chi connectivity index (χ1v) is 4.24. The normalized spacial score (nSPS) is 19.6. The molecule has 0 radical (unpaired) electrons. The summed E-state index contributed by atoms with van der Waals surface area (Å²) in [6.07, 6.45) is -4.69. The Bertz CT molecular complexity index is 378. The Kier molecular flexibility index (Phi) is 2.22. The van der Waals surface area contributed by atoms with Crippen molar-refractivity contribution < 1.29 is 22.6 Å². The van der Waals surface area contributed by atoms with Gasteiger partial charge in [0.05, 0.1) is 6.04 Å². The highest BCUT2D eigenvalue weighted by Crippen LogP contribution is 2.35. The molecule has 2 rings (SSSR count). The van der Waals surface area contributed by atoms with Gasteiger partial charge in [-0.25, -0.2) is 0 Å². The van der Waals surface area contributed by atoms with Crippen LogP contribution in [-0.2, 0) is 0 Å². The van der Waals surface area contributed by atoms with Crippen molar-refractivity contribution >= 4 is 0 Å². The van der Waals surface area contributed by atoms with Crippen LogP contribution in [0.1, 0.15) is 11.6 Å². The van der Waals surface area contributed by atoms with Crippen LogP contribution in [0.5, 0.6) is 11.5 Å². The predicted molar refractivity (Wildman–Crippen MR) is 45.5 cm³/mol. The van der Waals surface area contributed by atoms with Crippen molar-refractivity contribution in [2.24, 2.45) is 5.73 Å². The van der Waals surface area contributed by atoms with E-state index in [1.165, 1.54) is 18.2 Å². The first kappa shape index (κ1) is 10.1. The molecular formula is C9H8F3NO2. The number of rotatable bonds is 1. The molecule has 1 aliphatic heterocycles. The summed E-state index contributed by atoms with van der Waals surface area (Å²) in [5, 5.41) is 0. The molecule has 15 heavy (non-hydrogen) atoms. The summed E-state index contributed by atoms with van der Waals surface area (Å²) in [4.78, 5) is 0. The zero-order valence-corrected chi connectivity index (χ0v) is 7.54. The molecule has 6 heteroatoms. The van der Waals surface area contributed by atoms with Crippen LogP contribution >= 0.6 is 0 Å². The smallest absolute Gasteiger partial charge is 0.491 e. The molecule has 2 N–H and O–H groups in total. The van der Waals surface area contributed by atoms with Crippen molar-refractivity contribution in [2.75, 3.05) is 6.61 Å². The van der Waals surface area contributed by atoms with Gasteiger partial charge in [0.25, 0.3) is 0 Å². The van der Waals surface area contributed by atoms with Gasteiger partial charge in [-0.05, 0) is 12.1 Å². The number of nitrogens with two attached hydrogens (primary N) is 1. The van der Waals surface area contributed by atoms with Crippen molar-refractivity contribution in [1.82, 2.24) is 0 Å².